The molecule has 2 N–H and O–H groups in total. The average molecular weight is 425 g/mol. The van der Waals surface area contributed by atoms with E-state index in [-0.39, 0.29) is 18.1 Å². The Morgan fingerprint density at radius 3 is 2.65 bits per heavy atom. The average Bonchev–Trinajstić information content (AvgIpc) is 3.18. The Bertz CT molecular complexity index is 867. The fraction of sp³-hybridized carbons (Fsp3) is 0.522. The highest BCUT2D eigenvalue weighted by atomic mass is 16.6. The second kappa shape index (κ2) is 10.1. The van der Waals surface area contributed by atoms with Crippen LogP contribution in [-0.4, -0.2) is 66.3 Å². The van der Waals surface area contributed by atoms with Gasteiger partial charge in [0.05, 0.1) is 6.04 Å². The van der Waals surface area contributed by atoms with Crippen LogP contribution in [0.1, 0.15) is 25.0 Å². The lowest BCUT2D eigenvalue weighted by atomic mass is 10.0. The number of carbonyl (C=O) groups is 1. The molecule has 8 heteroatoms. The molecule has 2 saturated heterocycles. The van der Waals surface area contributed by atoms with Crippen LogP contribution in [0, 0.1) is 5.92 Å². The van der Waals surface area contributed by atoms with Crippen molar-refractivity contribution in [1.29, 1.82) is 0 Å². The molecular weight excluding hydrogens is 392 g/mol. The first-order valence-electron chi connectivity index (χ1n) is 11.1. The zero-order chi connectivity index (χ0) is 21.6. The first-order chi connectivity index (χ1) is 15.1. The molecule has 0 unspecified atom stereocenters. The van der Waals surface area contributed by atoms with E-state index in [0.29, 0.717) is 18.4 Å². The summed E-state index contributed by atoms with van der Waals surface area (Å²) < 4.78 is 5.23. The molecule has 1 amide bonds. The number of nitrogens with zero attached hydrogens (tertiary/aromatic N) is 4. The highest BCUT2D eigenvalue weighted by Crippen LogP contribution is 2.25. The van der Waals surface area contributed by atoms with Gasteiger partial charge in [0.15, 0.2) is 0 Å². The van der Waals surface area contributed by atoms with Crippen molar-refractivity contribution in [3.63, 3.8) is 0 Å². The van der Waals surface area contributed by atoms with Gasteiger partial charge in [-0.2, -0.15) is 4.98 Å². The normalized spacial score (nSPS) is 19.6. The summed E-state index contributed by atoms with van der Waals surface area (Å²) in [7, 11) is 0. The van der Waals surface area contributed by atoms with E-state index in [9.17, 15) is 4.79 Å². The van der Waals surface area contributed by atoms with Crippen LogP contribution in [0.5, 0.6) is 0 Å². The summed E-state index contributed by atoms with van der Waals surface area (Å²) >= 11 is 0. The molecule has 0 bridgehead atoms. The molecule has 0 radical (unpaired) electrons. The maximum absolute atomic E-state index is 12.2. The van der Waals surface area contributed by atoms with Crippen LogP contribution in [0.3, 0.4) is 0 Å². The van der Waals surface area contributed by atoms with E-state index < -0.39 is 0 Å². The summed E-state index contributed by atoms with van der Waals surface area (Å²) in [4.78, 5) is 25.1. The van der Waals surface area contributed by atoms with Gasteiger partial charge in [0, 0.05) is 45.5 Å². The molecule has 1 aromatic carbocycles. The topological polar surface area (TPSA) is 82.6 Å². The lowest BCUT2D eigenvalue weighted by molar-refractivity contribution is 0.177. The van der Waals surface area contributed by atoms with Gasteiger partial charge in [0.25, 0.3) is 0 Å². The Labute approximate surface area is 184 Å². The molecule has 1 atom stereocenters. The van der Waals surface area contributed by atoms with Crippen molar-refractivity contribution >= 4 is 17.9 Å². The van der Waals surface area contributed by atoms with Gasteiger partial charge in [-0.15, -0.1) is 0 Å². The second-order valence-electron chi connectivity index (χ2n) is 8.52. The van der Waals surface area contributed by atoms with Crippen LogP contribution in [0.2, 0.25) is 0 Å². The molecule has 8 nitrogen and oxygen atoms in total. The smallest absolute Gasteiger partial charge is 0.415 e. The van der Waals surface area contributed by atoms with Crippen molar-refractivity contribution in [2.24, 2.45) is 5.92 Å². The fourth-order valence-corrected chi connectivity index (χ4v) is 4.02. The van der Waals surface area contributed by atoms with E-state index in [2.05, 4.69) is 63.6 Å². The molecular formula is C23H32N6O2. The largest absolute Gasteiger partial charge is 0.447 e. The number of rotatable bonds is 8. The maximum atomic E-state index is 12.2. The number of hydrogen-bond acceptors (Lipinski definition) is 7. The number of carbonyl (C=O) groups excluding carboxylic acids is 1. The number of benzene rings is 1. The van der Waals surface area contributed by atoms with E-state index in [1.165, 1.54) is 11.1 Å². The zero-order valence-electron chi connectivity index (χ0n) is 18.4. The number of cyclic esters (lactones) is 1. The molecule has 2 aliphatic rings. The van der Waals surface area contributed by atoms with Gasteiger partial charge in [-0.3, -0.25) is 9.80 Å². The number of piperazine rings is 1. The van der Waals surface area contributed by atoms with Crippen molar-refractivity contribution in [3.05, 3.63) is 47.7 Å². The van der Waals surface area contributed by atoms with Crippen molar-refractivity contribution in [1.82, 2.24) is 20.2 Å². The Kier molecular flexibility index (Phi) is 6.99. The third-order valence-corrected chi connectivity index (χ3v) is 5.90. The number of anilines is 2. The number of hydrogen-bond donors (Lipinski definition) is 2. The van der Waals surface area contributed by atoms with Crippen LogP contribution in [0.25, 0.3) is 0 Å². The van der Waals surface area contributed by atoms with Crippen LogP contribution in [0.4, 0.5) is 16.6 Å². The van der Waals surface area contributed by atoms with E-state index in [0.717, 1.165) is 45.7 Å². The minimum atomic E-state index is -0.343. The van der Waals surface area contributed by atoms with Crippen LogP contribution in [0.15, 0.2) is 36.5 Å². The third-order valence-electron chi connectivity index (χ3n) is 5.90. The van der Waals surface area contributed by atoms with Gasteiger partial charge >= 0.3 is 6.09 Å². The summed E-state index contributed by atoms with van der Waals surface area (Å²) in [6, 6.07) is 10.6. The molecule has 0 saturated carbocycles. The number of amides is 1. The SMILES string of the molecule is CC(C)[C@H]1COC(=O)N1c1ccnc(NCCc2ccc(CN3CCNCC3)cc2)n1. The molecule has 1 aromatic heterocycles. The molecule has 2 aromatic rings. The zero-order valence-corrected chi connectivity index (χ0v) is 18.4. The van der Waals surface area contributed by atoms with Gasteiger partial charge in [-0.25, -0.2) is 9.78 Å². The van der Waals surface area contributed by atoms with Gasteiger partial charge in [-0.1, -0.05) is 38.1 Å². The molecule has 2 aliphatic heterocycles. The minimum absolute atomic E-state index is 0.00466. The predicted octanol–water partition coefficient (Wildman–Crippen LogP) is 2.52. The van der Waals surface area contributed by atoms with Gasteiger partial charge in [0.1, 0.15) is 12.4 Å². The van der Waals surface area contributed by atoms with Crippen molar-refractivity contribution < 1.29 is 9.53 Å². The highest BCUT2D eigenvalue weighted by Gasteiger charge is 2.37. The molecule has 4 rings (SSSR count). The molecule has 3 heterocycles. The van der Waals surface area contributed by atoms with E-state index in [1.807, 2.05) is 0 Å². The van der Waals surface area contributed by atoms with E-state index in [4.69, 9.17) is 4.74 Å². The van der Waals surface area contributed by atoms with Gasteiger partial charge in [-0.05, 0) is 29.5 Å². The summed E-state index contributed by atoms with van der Waals surface area (Å²) in [5, 5.41) is 6.67. The Hall–Kier alpha value is -2.71. The summed E-state index contributed by atoms with van der Waals surface area (Å²) in [5.41, 5.74) is 2.63. The van der Waals surface area contributed by atoms with Crippen LogP contribution < -0.4 is 15.5 Å². The van der Waals surface area contributed by atoms with Gasteiger partial charge < -0.3 is 15.4 Å². The van der Waals surface area contributed by atoms with Crippen molar-refractivity contribution in [2.45, 2.75) is 32.9 Å². The Morgan fingerprint density at radius 1 is 1.16 bits per heavy atom. The standard InChI is InChI=1S/C23H32N6O2/c1-17(2)20-16-31-23(30)29(20)21-8-10-26-22(27-21)25-9-7-18-3-5-19(6-4-18)15-28-13-11-24-12-14-28/h3-6,8,10,17,20,24H,7,9,11-16H2,1-2H3,(H,25,26,27)/t20-/m1/s1. The second-order valence-corrected chi connectivity index (χ2v) is 8.52. The van der Waals surface area contributed by atoms with Gasteiger partial charge in [0.2, 0.25) is 5.95 Å². The third kappa shape index (κ3) is 5.51. The highest BCUT2D eigenvalue weighted by molar-refractivity contribution is 5.89. The minimum Gasteiger partial charge on any atom is -0.447 e. The monoisotopic (exact) mass is 424 g/mol. The molecule has 31 heavy (non-hydrogen) atoms. The number of aromatic nitrogens is 2. The Morgan fingerprint density at radius 2 is 1.90 bits per heavy atom. The summed E-state index contributed by atoms with van der Waals surface area (Å²) in [5.74, 6) is 1.39. The molecule has 0 spiro atoms. The van der Waals surface area contributed by atoms with Crippen LogP contribution in [-0.2, 0) is 17.7 Å². The molecule has 0 aliphatic carbocycles. The number of nitrogens with one attached hydrogen (secondary N) is 2. The first kappa shape index (κ1) is 21.5. The van der Waals surface area contributed by atoms with Crippen molar-refractivity contribution in [2.75, 3.05) is 49.5 Å². The van der Waals surface area contributed by atoms with E-state index in [1.54, 1.807) is 17.2 Å². The van der Waals surface area contributed by atoms with Crippen molar-refractivity contribution in [3.8, 4) is 0 Å². The Balaban J connectivity index is 1.30. The van der Waals surface area contributed by atoms with Crippen LogP contribution >= 0.6 is 0 Å². The number of ether oxygens (including phenoxy) is 1. The fourth-order valence-electron chi connectivity index (χ4n) is 4.02. The molecule has 2 fully saturated rings. The quantitative estimate of drug-likeness (QED) is 0.674. The first-order valence-corrected chi connectivity index (χ1v) is 11.1. The van der Waals surface area contributed by atoms with E-state index >= 15 is 0 Å². The maximum Gasteiger partial charge on any atom is 0.415 e. The lowest BCUT2D eigenvalue weighted by Crippen LogP contribution is -2.42. The summed E-state index contributed by atoms with van der Waals surface area (Å²) in [6.45, 7) is 10.7. The predicted molar refractivity (Wildman–Crippen MR) is 121 cm³/mol. The summed E-state index contributed by atoms with van der Waals surface area (Å²) in [6.07, 6.45) is 2.21. The molecule has 166 valence electrons. The lowest BCUT2D eigenvalue weighted by Gasteiger charge is -2.27.